The Morgan fingerprint density at radius 2 is 0.963 bits per heavy atom. The van der Waals surface area contributed by atoms with Crippen molar-refractivity contribution in [2.24, 2.45) is 4.99 Å². The Morgan fingerprint density at radius 3 is 1.48 bits per heavy atom. The number of benzene rings is 2. The fourth-order valence-corrected chi connectivity index (χ4v) is 9.83. The highest BCUT2D eigenvalue weighted by Gasteiger charge is 2.34. The molecule has 8 rings (SSSR count). The summed E-state index contributed by atoms with van der Waals surface area (Å²) in [6.07, 6.45) is 17.4. The molecule has 4 aliphatic rings. The van der Waals surface area contributed by atoms with Crippen molar-refractivity contribution in [3.05, 3.63) is 156 Å². The molecule has 0 unspecified atom stereocenters. The first-order valence-electron chi connectivity index (χ1n) is 20.7. The van der Waals surface area contributed by atoms with E-state index >= 15 is 0 Å². The van der Waals surface area contributed by atoms with Crippen LogP contribution in [0.2, 0.25) is 0 Å². The van der Waals surface area contributed by atoms with Gasteiger partial charge in [-0.05, 0) is 96.9 Å². The van der Waals surface area contributed by atoms with Gasteiger partial charge in [0, 0.05) is 34.4 Å². The number of nitrogens with zero attached hydrogens (tertiary/aromatic N) is 3. The van der Waals surface area contributed by atoms with E-state index in [0.29, 0.717) is 0 Å². The first-order valence-corrected chi connectivity index (χ1v) is 20.7. The van der Waals surface area contributed by atoms with Gasteiger partial charge in [-0.15, -0.1) is 0 Å². The van der Waals surface area contributed by atoms with Gasteiger partial charge in [0.05, 0.1) is 44.9 Å². The second kappa shape index (κ2) is 14.5. The third-order valence-corrected chi connectivity index (χ3v) is 12.1. The Labute approximate surface area is 321 Å². The first kappa shape index (κ1) is 35.8. The zero-order valence-electron chi connectivity index (χ0n) is 33.6. The highest BCUT2D eigenvalue weighted by Crippen LogP contribution is 2.41. The summed E-state index contributed by atoms with van der Waals surface area (Å²) in [5, 5.41) is 2.57. The maximum Gasteiger partial charge on any atom is 0.209 e. The van der Waals surface area contributed by atoms with E-state index in [1.807, 2.05) is 0 Å². The van der Waals surface area contributed by atoms with Crippen molar-refractivity contribution in [1.29, 1.82) is 0 Å². The molecule has 0 saturated heterocycles. The average Bonchev–Trinajstić information content (AvgIpc) is 3.87. The molecule has 1 N–H and O–H groups in total. The lowest BCUT2D eigenvalue weighted by atomic mass is 9.96. The summed E-state index contributed by atoms with van der Waals surface area (Å²) < 4.78 is 5.26. The van der Waals surface area contributed by atoms with Crippen molar-refractivity contribution in [3.63, 3.8) is 0 Å². The first-order chi connectivity index (χ1) is 26.5. The topological polar surface area (TPSA) is 36.2 Å². The van der Waals surface area contributed by atoms with Crippen LogP contribution in [-0.4, -0.2) is 20.6 Å². The highest BCUT2D eigenvalue weighted by molar-refractivity contribution is 6.20. The molecule has 0 spiro atoms. The number of aliphatic imine (C=N–C) groups is 1. The van der Waals surface area contributed by atoms with Crippen molar-refractivity contribution in [2.75, 3.05) is 0 Å². The number of allylic oxidation sites excluding steroid dienone is 5. The van der Waals surface area contributed by atoms with E-state index in [2.05, 4.69) is 154 Å². The van der Waals surface area contributed by atoms with Gasteiger partial charge in [0.2, 0.25) is 11.4 Å². The van der Waals surface area contributed by atoms with Crippen molar-refractivity contribution in [3.8, 4) is 0 Å². The van der Waals surface area contributed by atoms with Crippen LogP contribution in [0, 0.1) is 0 Å². The van der Waals surface area contributed by atoms with Gasteiger partial charge in [-0.25, -0.2) is 9.98 Å². The van der Waals surface area contributed by atoms with Gasteiger partial charge in [-0.2, -0.15) is 0 Å². The molecule has 4 aromatic rings. The van der Waals surface area contributed by atoms with Gasteiger partial charge in [-0.1, -0.05) is 116 Å². The molecule has 0 saturated carbocycles. The van der Waals surface area contributed by atoms with Crippen molar-refractivity contribution in [2.45, 2.75) is 107 Å². The number of hydrogen-bond acceptors (Lipinski definition) is 1. The van der Waals surface area contributed by atoms with Crippen LogP contribution in [0.4, 0.5) is 0 Å². The van der Waals surface area contributed by atoms with Gasteiger partial charge >= 0.3 is 0 Å². The normalized spacial score (nSPS) is 16.1. The Kier molecular flexibility index (Phi) is 9.64. The predicted octanol–water partition coefficient (Wildman–Crippen LogP) is 8.85. The summed E-state index contributed by atoms with van der Waals surface area (Å²) in [5.74, 6) is 0. The molecule has 0 fully saturated rings. The molecule has 2 aromatic carbocycles. The van der Waals surface area contributed by atoms with Crippen LogP contribution in [0.15, 0.2) is 105 Å². The van der Waals surface area contributed by atoms with E-state index in [4.69, 9.17) is 4.99 Å². The van der Waals surface area contributed by atoms with Crippen LogP contribution in [0.5, 0.6) is 0 Å². The average molecular weight is 712 g/mol. The van der Waals surface area contributed by atoms with Gasteiger partial charge in [-0.3, -0.25) is 0 Å². The van der Waals surface area contributed by atoms with Crippen LogP contribution < -0.4 is 15.7 Å². The van der Waals surface area contributed by atoms with Crippen LogP contribution in [0.1, 0.15) is 126 Å². The van der Waals surface area contributed by atoms with Gasteiger partial charge in [0.1, 0.15) is 0 Å². The lowest BCUT2D eigenvalue weighted by molar-refractivity contribution is -0.386. The summed E-state index contributed by atoms with van der Waals surface area (Å²) in [7, 11) is 0. The standard InChI is InChI=1S/C50H54N4/c1-9-33-35(11-3)43-28-45-37(13-5)39(15-7)47-30-48-40(16-8)38(14-6)46(29-44-36(12-4)34(10-2)42(52-44)27-41(33)51-43)54(48)50(32-25-21-18-22-26-32)49(53(45)47)31-23-19-17-20-24-31/h17-30H,9-16H2,1-8H3/p+1. The molecule has 6 bridgehead atoms. The maximum atomic E-state index is 5.56. The minimum atomic E-state index is 0.938. The molecule has 0 atom stereocenters. The number of aromatic nitrogens is 2. The summed E-state index contributed by atoms with van der Waals surface area (Å²) in [5.41, 5.74) is 23.2. The number of fused-ring (bicyclic) bond motifs is 2. The second-order valence-corrected chi connectivity index (χ2v) is 14.7. The van der Waals surface area contributed by atoms with Crippen molar-refractivity contribution in [1.82, 2.24) is 9.13 Å². The van der Waals surface area contributed by atoms with Crippen LogP contribution in [0.25, 0.3) is 29.6 Å². The van der Waals surface area contributed by atoms with Crippen molar-refractivity contribution < 1.29 is 4.99 Å². The van der Waals surface area contributed by atoms with E-state index in [1.54, 1.807) is 0 Å². The van der Waals surface area contributed by atoms with Crippen LogP contribution >= 0.6 is 0 Å². The molecule has 4 heteroatoms. The third-order valence-electron chi connectivity index (χ3n) is 12.1. The maximum absolute atomic E-state index is 5.56. The Morgan fingerprint density at radius 1 is 0.463 bits per heavy atom. The van der Waals surface area contributed by atoms with Crippen molar-refractivity contribution >= 4 is 41.0 Å². The fourth-order valence-electron chi connectivity index (χ4n) is 9.83. The summed E-state index contributed by atoms with van der Waals surface area (Å²) in [4.78, 5) is 9.57. The minimum Gasteiger partial charge on any atom is -0.307 e. The molecule has 0 aliphatic carbocycles. The minimum absolute atomic E-state index is 0.938. The number of hydrogen-bond donors (Lipinski definition) is 1. The molecule has 6 heterocycles. The number of rotatable bonds is 10. The SMILES string of the molecule is CCC1=C(CC)C2=NC1=Cc1c(CC)c(CC)c3n1C(c1ccccc1)=C(c1ccccc1)n1c(c(CC)c(CC)c1=C3)=CC1=[NH+]C(=C2)C(CC)=C1CC. The van der Waals surface area contributed by atoms with Crippen LogP contribution in [-0.2, 0) is 25.7 Å². The smallest absolute Gasteiger partial charge is 0.209 e. The molecule has 4 aliphatic heterocycles. The van der Waals surface area contributed by atoms with Gasteiger partial charge in [0.15, 0.2) is 0 Å². The number of nitrogens with one attached hydrogen (secondary N) is 1. The van der Waals surface area contributed by atoms with E-state index in [9.17, 15) is 0 Å². The molecule has 0 radical (unpaired) electrons. The second-order valence-electron chi connectivity index (χ2n) is 14.7. The summed E-state index contributed by atoms with van der Waals surface area (Å²) in [6.45, 7) is 18.5. The molecule has 54 heavy (non-hydrogen) atoms. The van der Waals surface area contributed by atoms with Gasteiger partial charge < -0.3 is 9.13 Å². The molecule has 274 valence electrons. The molecular formula is C50H55N4+. The molecule has 4 nitrogen and oxygen atoms in total. The van der Waals surface area contributed by atoms with Crippen LogP contribution in [0.3, 0.4) is 0 Å². The largest absolute Gasteiger partial charge is 0.307 e. The lowest BCUT2D eigenvalue weighted by Crippen LogP contribution is -2.68. The Hall–Kier alpha value is -5.22. The molecule has 0 amide bonds. The third kappa shape index (κ3) is 5.40. The summed E-state index contributed by atoms with van der Waals surface area (Å²) in [6, 6.07) is 22.3. The van der Waals surface area contributed by atoms with E-state index in [-0.39, 0.29) is 0 Å². The monoisotopic (exact) mass is 711 g/mol. The van der Waals surface area contributed by atoms with E-state index in [1.165, 1.54) is 101 Å². The zero-order chi connectivity index (χ0) is 37.7. The zero-order valence-corrected chi connectivity index (χ0v) is 33.6. The van der Waals surface area contributed by atoms with E-state index < -0.39 is 0 Å². The lowest BCUT2D eigenvalue weighted by Gasteiger charge is -2.21. The van der Waals surface area contributed by atoms with Gasteiger partial charge in [0.25, 0.3) is 0 Å². The summed E-state index contributed by atoms with van der Waals surface area (Å²) >= 11 is 0. The van der Waals surface area contributed by atoms with E-state index in [0.717, 1.165) is 62.8 Å². The molecule has 2 aromatic heterocycles. The fraction of sp³-hybridized carbons (Fsp3) is 0.320. The molecular weight excluding hydrogens is 657 g/mol. The quantitative estimate of drug-likeness (QED) is 0.150. The Bertz CT molecular complexity index is 2530. The Balaban J connectivity index is 1.71. The predicted molar refractivity (Wildman–Crippen MR) is 229 cm³/mol. The highest BCUT2D eigenvalue weighted by atomic mass is 15.1.